The summed E-state index contributed by atoms with van der Waals surface area (Å²) in [7, 11) is 0. The lowest BCUT2D eigenvalue weighted by Gasteiger charge is -2.25. The van der Waals surface area contributed by atoms with Gasteiger partial charge >= 0.3 is 0 Å². The first-order valence-corrected chi connectivity index (χ1v) is 5.87. The highest BCUT2D eigenvalue weighted by molar-refractivity contribution is 7.10. The molecule has 0 radical (unpaired) electrons. The van der Waals surface area contributed by atoms with Crippen LogP contribution in [0.4, 0.5) is 0 Å². The Morgan fingerprint density at radius 3 is 2.64 bits per heavy atom. The van der Waals surface area contributed by atoms with E-state index < -0.39 is 6.10 Å². The molecular weight excluding hydrogens is 196 g/mol. The average Bonchev–Trinajstić information content (AvgIpc) is 2.65. The van der Waals surface area contributed by atoms with Crippen LogP contribution in [-0.2, 0) is 4.74 Å². The first-order chi connectivity index (χ1) is 6.66. The molecule has 2 unspecified atom stereocenters. The molecule has 0 aliphatic heterocycles. The lowest BCUT2D eigenvalue weighted by atomic mass is 10.0. The topological polar surface area (TPSA) is 29.5 Å². The third-order valence-electron chi connectivity index (χ3n) is 2.16. The molecule has 0 fully saturated rings. The highest BCUT2D eigenvalue weighted by atomic mass is 32.1. The quantitative estimate of drug-likeness (QED) is 0.816. The zero-order valence-electron chi connectivity index (χ0n) is 8.93. The van der Waals surface area contributed by atoms with E-state index >= 15 is 0 Å². The number of aliphatic hydroxyl groups excluding tert-OH is 1. The Hall–Kier alpha value is -0.380. The van der Waals surface area contributed by atoms with E-state index in [0.717, 1.165) is 4.88 Å². The van der Waals surface area contributed by atoms with Crippen molar-refractivity contribution >= 4 is 11.3 Å². The van der Waals surface area contributed by atoms with Crippen molar-refractivity contribution in [3.8, 4) is 0 Å². The smallest absolute Gasteiger partial charge is 0.114 e. The minimum atomic E-state index is -0.491. The summed E-state index contributed by atoms with van der Waals surface area (Å²) in [5.74, 6) is 0.326. The number of hydrogen-bond donors (Lipinski definition) is 1. The number of thiophene rings is 1. The van der Waals surface area contributed by atoms with E-state index in [9.17, 15) is 5.11 Å². The van der Waals surface area contributed by atoms with Crippen LogP contribution >= 0.6 is 11.3 Å². The zero-order chi connectivity index (χ0) is 10.6. The largest absolute Gasteiger partial charge is 0.385 e. The summed E-state index contributed by atoms with van der Waals surface area (Å²) in [5, 5.41) is 12.0. The van der Waals surface area contributed by atoms with Gasteiger partial charge in [-0.2, -0.15) is 0 Å². The molecule has 0 spiro atoms. The maximum Gasteiger partial charge on any atom is 0.114 e. The Balaban J connectivity index is 2.68. The number of rotatable bonds is 5. The van der Waals surface area contributed by atoms with Crippen molar-refractivity contribution in [2.75, 3.05) is 6.61 Å². The fraction of sp³-hybridized carbons (Fsp3) is 0.636. The second-order valence-corrected chi connectivity index (χ2v) is 4.60. The first kappa shape index (κ1) is 11.7. The lowest BCUT2D eigenvalue weighted by Crippen LogP contribution is -2.27. The molecule has 3 heteroatoms. The van der Waals surface area contributed by atoms with E-state index in [1.165, 1.54) is 0 Å². The molecule has 80 valence electrons. The zero-order valence-corrected chi connectivity index (χ0v) is 9.75. The molecule has 0 bridgehead atoms. The fourth-order valence-corrected chi connectivity index (χ4v) is 2.21. The van der Waals surface area contributed by atoms with Crippen LogP contribution in [0.15, 0.2) is 17.5 Å². The Morgan fingerprint density at radius 2 is 2.21 bits per heavy atom. The van der Waals surface area contributed by atoms with Gasteiger partial charge in [0.25, 0.3) is 0 Å². The van der Waals surface area contributed by atoms with Crippen LogP contribution in [0, 0.1) is 5.92 Å². The summed E-state index contributed by atoms with van der Waals surface area (Å²) in [6.45, 7) is 6.73. The van der Waals surface area contributed by atoms with Crippen molar-refractivity contribution < 1.29 is 9.84 Å². The van der Waals surface area contributed by atoms with Crippen molar-refractivity contribution in [1.82, 2.24) is 0 Å². The van der Waals surface area contributed by atoms with Crippen LogP contribution < -0.4 is 0 Å². The second-order valence-electron chi connectivity index (χ2n) is 3.62. The van der Waals surface area contributed by atoms with Gasteiger partial charge in [-0.15, -0.1) is 11.3 Å². The molecule has 1 aromatic heterocycles. The van der Waals surface area contributed by atoms with Gasteiger partial charge in [0.1, 0.15) is 6.10 Å². The Bertz CT molecular complexity index is 244. The summed E-state index contributed by atoms with van der Waals surface area (Å²) in [6, 6.07) is 3.90. The van der Waals surface area contributed by atoms with Crippen LogP contribution in [0.1, 0.15) is 31.8 Å². The van der Waals surface area contributed by atoms with Crippen molar-refractivity contribution in [1.29, 1.82) is 0 Å². The van der Waals surface area contributed by atoms with Gasteiger partial charge in [-0.1, -0.05) is 19.9 Å². The molecule has 1 aromatic rings. The van der Waals surface area contributed by atoms with Gasteiger partial charge in [0.2, 0.25) is 0 Å². The monoisotopic (exact) mass is 214 g/mol. The molecule has 0 aromatic carbocycles. The molecule has 0 aliphatic carbocycles. The fourth-order valence-electron chi connectivity index (χ4n) is 1.46. The van der Waals surface area contributed by atoms with Crippen LogP contribution in [0.25, 0.3) is 0 Å². The summed E-state index contributed by atoms with van der Waals surface area (Å²) in [5.41, 5.74) is 0. The molecule has 0 aliphatic rings. The predicted octanol–water partition coefficient (Wildman–Crippen LogP) is 2.84. The van der Waals surface area contributed by atoms with Crippen molar-refractivity contribution in [2.24, 2.45) is 5.92 Å². The molecular formula is C11H18O2S. The van der Waals surface area contributed by atoms with E-state index in [-0.39, 0.29) is 6.10 Å². The molecule has 2 atom stereocenters. The van der Waals surface area contributed by atoms with Gasteiger partial charge in [0.05, 0.1) is 6.10 Å². The minimum Gasteiger partial charge on any atom is -0.385 e. The van der Waals surface area contributed by atoms with Gasteiger partial charge in [0.15, 0.2) is 0 Å². The van der Waals surface area contributed by atoms with E-state index in [1.54, 1.807) is 11.3 Å². The Kier molecular flexibility index (Phi) is 4.58. The molecule has 1 rings (SSSR count). The third-order valence-corrected chi connectivity index (χ3v) is 3.11. The number of hydrogen-bond acceptors (Lipinski definition) is 3. The molecule has 2 nitrogen and oxygen atoms in total. The van der Waals surface area contributed by atoms with Gasteiger partial charge < -0.3 is 9.84 Å². The molecule has 1 N–H and O–H groups in total. The van der Waals surface area contributed by atoms with E-state index in [0.29, 0.717) is 12.5 Å². The number of aliphatic hydroxyl groups is 1. The van der Waals surface area contributed by atoms with Crippen LogP contribution in [-0.4, -0.2) is 17.8 Å². The maximum atomic E-state index is 10.1. The van der Waals surface area contributed by atoms with E-state index in [1.807, 2.05) is 24.4 Å². The SMILES string of the molecule is CCOC(C(C)C)C(O)c1cccs1. The highest BCUT2D eigenvalue weighted by Crippen LogP contribution is 2.27. The lowest BCUT2D eigenvalue weighted by molar-refractivity contribution is -0.0571. The average molecular weight is 214 g/mol. The van der Waals surface area contributed by atoms with Crippen LogP contribution in [0.2, 0.25) is 0 Å². The molecule has 0 amide bonds. The number of ether oxygens (including phenoxy) is 1. The summed E-state index contributed by atoms with van der Waals surface area (Å²) < 4.78 is 5.55. The molecule has 0 saturated carbocycles. The van der Waals surface area contributed by atoms with Gasteiger partial charge in [-0.05, 0) is 24.3 Å². The third kappa shape index (κ3) is 2.80. The second kappa shape index (κ2) is 5.49. The van der Waals surface area contributed by atoms with Crippen molar-refractivity contribution in [3.05, 3.63) is 22.4 Å². The first-order valence-electron chi connectivity index (χ1n) is 4.99. The highest BCUT2D eigenvalue weighted by Gasteiger charge is 2.24. The minimum absolute atomic E-state index is 0.0985. The molecule has 0 saturated heterocycles. The Labute approximate surface area is 89.5 Å². The predicted molar refractivity (Wildman–Crippen MR) is 59.5 cm³/mol. The van der Waals surface area contributed by atoms with E-state index in [2.05, 4.69) is 13.8 Å². The van der Waals surface area contributed by atoms with Crippen molar-refractivity contribution in [3.63, 3.8) is 0 Å². The summed E-state index contributed by atoms with van der Waals surface area (Å²) >= 11 is 1.57. The molecule has 14 heavy (non-hydrogen) atoms. The van der Waals surface area contributed by atoms with Crippen molar-refractivity contribution in [2.45, 2.75) is 33.0 Å². The molecule has 1 heterocycles. The van der Waals surface area contributed by atoms with Gasteiger partial charge in [-0.3, -0.25) is 0 Å². The van der Waals surface area contributed by atoms with Gasteiger partial charge in [-0.25, -0.2) is 0 Å². The summed E-state index contributed by atoms with van der Waals surface area (Å²) in [6.07, 6.45) is -0.589. The standard InChI is InChI=1S/C11H18O2S/c1-4-13-11(8(2)3)10(12)9-6-5-7-14-9/h5-8,10-12H,4H2,1-3H3. The van der Waals surface area contributed by atoms with Gasteiger partial charge in [0, 0.05) is 11.5 Å². The maximum absolute atomic E-state index is 10.1. The van der Waals surface area contributed by atoms with Crippen LogP contribution in [0.5, 0.6) is 0 Å². The normalized spacial score (nSPS) is 15.8. The Morgan fingerprint density at radius 1 is 1.50 bits per heavy atom. The van der Waals surface area contributed by atoms with Crippen LogP contribution in [0.3, 0.4) is 0 Å². The summed E-state index contributed by atoms with van der Waals surface area (Å²) in [4.78, 5) is 0.983. The van der Waals surface area contributed by atoms with E-state index in [4.69, 9.17) is 4.74 Å².